The summed E-state index contributed by atoms with van der Waals surface area (Å²) in [7, 11) is 0. The molecule has 0 radical (unpaired) electrons. The van der Waals surface area contributed by atoms with Crippen molar-refractivity contribution in [2.75, 3.05) is 5.32 Å². The van der Waals surface area contributed by atoms with Gasteiger partial charge in [-0.3, -0.25) is 0 Å². The maximum absolute atomic E-state index is 8.95. The molecule has 1 aromatic carbocycles. The second-order valence-electron chi connectivity index (χ2n) is 3.23. The highest BCUT2D eigenvalue weighted by atomic mass is 35.5. The number of hydrogen-bond donors (Lipinski definition) is 1. The fourth-order valence-corrected chi connectivity index (χ4v) is 2.18. The van der Waals surface area contributed by atoms with Crippen LogP contribution in [0.3, 0.4) is 0 Å². The Balaban J connectivity index is 2.13. The van der Waals surface area contributed by atoms with Crippen molar-refractivity contribution in [1.82, 2.24) is 0 Å². The van der Waals surface area contributed by atoms with Crippen LogP contribution in [0.15, 0.2) is 35.7 Å². The lowest BCUT2D eigenvalue weighted by Crippen LogP contribution is -1.99. The van der Waals surface area contributed by atoms with E-state index < -0.39 is 0 Å². The lowest BCUT2D eigenvalue weighted by atomic mass is 10.2. The van der Waals surface area contributed by atoms with Crippen molar-refractivity contribution in [3.63, 3.8) is 0 Å². The Morgan fingerprint density at radius 3 is 2.94 bits per heavy atom. The molecule has 0 aliphatic carbocycles. The maximum atomic E-state index is 8.95. The van der Waals surface area contributed by atoms with Crippen LogP contribution in [0, 0.1) is 11.3 Å². The number of nitrogens with one attached hydrogen (secondary N) is 1. The van der Waals surface area contributed by atoms with Crippen LogP contribution in [0.25, 0.3) is 0 Å². The van der Waals surface area contributed by atoms with Crippen LogP contribution in [0.4, 0.5) is 5.69 Å². The molecule has 0 saturated heterocycles. The lowest BCUT2D eigenvalue weighted by molar-refractivity contribution is 1.19. The van der Waals surface area contributed by atoms with E-state index in [0.29, 0.717) is 10.6 Å². The quantitative estimate of drug-likeness (QED) is 0.895. The smallest absolute Gasteiger partial charge is 0.101 e. The van der Waals surface area contributed by atoms with Crippen molar-refractivity contribution < 1.29 is 0 Å². The number of rotatable bonds is 3. The van der Waals surface area contributed by atoms with E-state index in [0.717, 1.165) is 12.2 Å². The van der Waals surface area contributed by atoms with Gasteiger partial charge < -0.3 is 5.32 Å². The Morgan fingerprint density at radius 2 is 2.25 bits per heavy atom. The molecule has 0 saturated carbocycles. The van der Waals surface area contributed by atoms with E-state index >= 15 is 0 Å². The molecular weight excluding hydrogens is 240 g/mol. The molecular formula is C12H9ClN2S. The Hall–Kier alpha value is -1.50. The molecule has 80 valence electrons. The van der Waals surface area contributed by atoms with Gasteiger partial charge in [0.2, 0.25) is 0 Å². The van der Waals surface area contributed by atoms with Crippen molar-refractivity contribution >= 4 is 28.6 Å². The number of nitriles is 1. The Morgan fingerprint density at radius 1 is 1.38 bits per heavy atom. The summed E-state index contributed by atoms with van der Waals surface area (Å²) >= 11 is 7.51. The number of anilines is 1. The van der Waals surface area contributed by atoms with Gasteiger partial charge in [-0.05, 0) is 29.6 Å². The molecule has 0 amide bonds. The zero-order chi connectivity index (χ0) is 11.4. The molecule has 0 spiro atoms. The van der Waals surface area contributed by atoms with Crippen molar-refractivity contribution in [1.29, 1.82) is 5.26 Å². The first-order valence-corrected chi connectivity index (χ1v) is 6.01. The van der Waals surface area contributed by atoms with Crippen LogP contribution in [0.1, 0.15) is 10.4 Å². The number of halogens is 1. The summed E-state index contributed by atoms with van der Waals surface area (Å²) in [5, 5.41) is 14.8. The molecule has 4 heteroatoms. The number of hydrogen-bond acceptors (Lipinski definition) is 3. The van der Waals surface area contributed by atoms with Gasteiger partial charge in [0.15, 0.2) is 0 Å². The molecule has 0 aliphatic heterocycles. The summed E-state index contributed by atoms with van der Waals surface area (Å²) in [4.78, 5) is 1.24. The van der Waals surface area contributed by atoms with E-state index in [1.807, 2.05) is 17.5 Å². The highest BCUT2D eigenvalue weighted by Gasteiger charge is 2.02. The Bertz CT molecular complexity index is 514. The van der Waals surface area contributed by atoms with E-state index in [4.69, 9.17) is 16.9 Å². The van der Waals surface area contributed by atoms with Crippen molar-refractivity contribution in [2.45, 2.75) is 6.54 Å². The molecule has 0 atom stereocenters. The first-order chi connectivity index (χ1) is 7.79. The summed E-state index contributed by atoms with van der Waals surface area (Å²) in [6, 6.07) is 11.5. The summed E-state index contributed by atoms with van der Waals surface area (Å²) in [6.07, 6.45) is 0. The summed E-state index contributed by atoms with van der Waals surface area (Å²) in [5.41, 5.74) is 1.39. The van der Waals surface area contributed by atoms with Gasteiger partial charge in [0.1, 0.15) is 6.07 Å². The maximum Gasteiger partial charge on any atom is 0.101 e. The van der Waals surface area contributed by atoms with Gasteiger partial charge in [-0.15, -0.1) is 11.3 Å². The molecule has 2 aromatic rings. The van der Waals surface area contributed by atoms with Crippen LogP contribution in [-0.2, 0) is 6.54 Å². The summed E-state index contributed by atoms with van der Waals surface area (Å²) < 4.78 is 0. The number of thiophene rings is 1. The minimum absolute atomic E-state index is 0.573. The molecule has 0 unspecified atom stereocenters. The van der Waals surface area contributed by atoms with Crippen LogP contribution < -0.4 is 5.32 Å². The van der Waals surface area contributed by atoms with Crippen LogP contribution in [-0.4, -0.2) is 0 Å². The van der Waals surface area contributed by atoms with Crippen LogP contribution >= 0.6 is 22.9 Å². The minimum atomic E-state index is 0.573. The van der Waals surface area contributed by atoms with Gasteiger partial charge in [-0.25, -0.2) is 0 Å². The molecule has 0 aliphatic rings. The van der Waals surface area contributed by atoms with E-state index in [9.17, 15) is 0 Å². The topological polar surface area (TPSA) is 35.8 Å². The molecule has 16 heavy (non-hydrogen) atoms. The largest absolute Gasteiger partial charge is 0.379 e. The van der Waals surface area contributed by atoms with Crippen molar-refractivity contribution in [3.05, 3.63) is 51.2 Å². The van der Waals surface area contributed by atoms with E-state index in [2.05, 4.69) is 17.5 Å². The zero-order valence-corrected chi connectivity index (χ0v) is 9.98. The SMILES string of the molecule is N#Cc1cc(Cl)ccc1NCc1cccs1. The zero-order valence-electron chi connectivity index (χ0n) is 8.40. The van der Waals surface area contributed by atoms with E-state index in [1.165, 1.54) is 4.88 Å². The first kappa shape index (κ1) is 11.0. The molecule has 1 aromatic heterocycles. The molecule has 0 fully saturated rings. The second kappa shape index (κ2) is 5.02. The number of nitrogens with zero attached hydrogens (tertiary/aromatic N) is 1. The van der Waals surface area contributed by atoms with Gasteiger partial charge in [-0.1, -0.05) is 17.7 Å². The monoisotopic (exact) mass is 248 g/mol. The third-order valence-corrected chi connectivity index (χ3v) is 3.25. The third-order valence-electron chi connectivity index (χ3n) is 2.14. The summed E-state index contributed by atoms with van der Waals surface area (Å²) in [5.74, 6) is 0. The average molecular weight is 249 g/mol. The predicted octanol–water partition coefficient (Wildman–Crippen LogP) is 3.89. The third kappa shape index (κ3) is 2.54. The molecule has 2 rings (SSSR count). The Kier molecular flexibility index (Phi) is 3.45. The standard InChI is InChI=1S/C12H9ClN2S/c13-10-3-4-12(9(6-10)7-14)15-8-11-2-1-5-16-11/h1-6,15H,8H2. The number of benzene rings is 1. The van der Waals surface area contributed by atoms with Gasteiger partial charge in [0.25, 0.3) is 0 Å². The van der Waals surface area contributed by atoms with Crippen molar-refractivity contribution in [3.8, 4) is 6.07 Å². The molecule has 1 N–H and O–H groups in total. The highest BCUT2D eigenvalue weighted by molar-refractivity contribution is 7.09. The molecule has 1 heterocycles. The predicted molar refractivity (Wildman–Crippen MR) is 67.8 cm³/mol. The second-order valence-corrected chi connectivity index (χ2v) is 4.70. The van der Waals surface area contributed by atoms with Gasteiger partial charge in [-0.2, -0.15) is 5.26 Å². The van der Waals surface area contributed by atoms with E-state index in [-0.39, 0.29) is 0 Å². The normalized spacial score (nSPS) is 9.75. The minimum Gasteiger partial charge on any atom is -0.379 e. The van der Waals surface area contributed by atoms with Crippen molar-refractivity contribution in [2.24, 2.45) is 0 Å². The van der Waals surface area contributed by atoms with Crippen LogP contribution in [0.5, 0.6) is 0 Å². The highest BCUT2D eigenvalue weighted by Crippen LogP contribution is 2.21. The molecule has 0 bridgehead atoms. The van der Waals surface area contributed by atoms with Crippen LogP contribution in [0.2, 0.25) is 5.02 Å². The molecule has 2 nitrogen and oxygen atoms in total. The van der Waals surface area contributed by atoms with Gasteiger partial charge >= 0.3 is 0 Å². The first-order valence-electron chi connectivity index (χ1n) is 4.75. The Labute approximate surface area is 103 Å². The van der Waals surface area contributed by atoms with E-state index in [1.54, 1.807) is 23.5 Å². The van der Waals surface area contributed by atoms with Gasteiger partial charge in [0.05, 0.1) is 11.3 Å². The average Bonchev–Trinajstić information content (AvgIpc) is 2.80. The fourth-order valence-electron chi connectivity index (χ4n) is 1.36. The van der Waals surface area contributed by atoms with Gasteiger partial charge in [0, 0.05) is 16.4 Å². The fraction of sp³-hybridized carbons (Fsp3) is 0.0833. The lowest BCUT2D eigenvalue weighted by Gasteiger charge is -2.06. The summed E-state index contributed by atoms with van der Waals surface area (Å²) in [6.45, 7) is 0.730.